The first-order chi connectivity index (χ1) is 14.1. The van der Waals surface area contributed by atoms with Crippen LogP contribution < -0.4 is 0 Å². The minimum Gasteiger partial charge on any atom is -0.449 e. The number of halogens is 1. The SMILES string of the molecule is O=C(Cc1ccc(Cl)cc1)O[C@H](C(=O)c1c[nH]c2ccccc12)c1ccccc1. The van der Waals surface area contributed by atoms with Crippen LogP contribution in [-0.2, 0) is 16.0 Å². The van der Waals surface area contributed by atoms with Gasteiger partial charge in [0.15, 0.2) is 6.10 Å². The third-order valence-electron chi connectivity index (χ3n) is 4.71. The number of Topliss-reactive ketones (excluding diaryl/α,β-unsaturated/α-hetero) is 1. The number of hydrogen-bond donors (Lipinski definition) is 1. The number of H-pyrrole nitrogens is 1. The molecule has 4 rings (SSSR count). The number of fused-ring (bicyclic) bond motifs is 1. The highest BCUT2D eigenvalue weighted by atomic mass is 35.5. The Morgan fingerprint density at radius 2 is 1.59 bits per heavy atom. The fourth-order valence-electron chi connectivity index (χ4n) is 3.26. The Hall–Kier alpha value is -3.37. The number of para-hydroxylation sites is 1. The second-order valence-electron chi connectivity index (χ2n) is 6.70. The van der Waals surface area contributed by atoms with Gasteiger partial charge >= 0.3 is 5.97 Å². The van der Waals surface area contributed by atoms with Crippen molar-refractivity contribution in [3.63, 3.8) is 0 Å². The van der Waals surface area contributed by atoms with Crippen LogP contribution >= 0.6 is 11.6 Å². The summed E-state index contributed by atoms with van der Waals surface area (Å²) in [6.07, 6.45) is 0.702. The molecular formula is C24H18ClNO3. The van der Waals surface area contributed by atoms with Crippen molar-refractivity contribution in [2.75, 3.05) is 0 Å². The predicted molar refractivity (Wildman–Crippen MR) is 113 cm³/mol. The maximum Gasteiger partial charge on any atom is 0.311 e. The minimum atomic E-state index is -1.02. The van der Waals surface area contributed by atoms with Crippen molar-refractivity contribution in [3.8, 4) is 0 Å². The predicted octanol–water partition coefficient (Wildman–Crippen LogP) is 5.53. The fourth-order valence-corrected chi connectivity index (χ4v) is 3.39. The van der Waals surface area contributed by atoms with Gasteiger partial charge in [0.2, 0.25) is 5.78 Å². The standard InChI is InChI=1S/C24H18ClNO3/c25-18-12-10-16(11-13-18)14-22(27)29-24(17-6-2-1-3-7-17)23(28)20-15-26-21-9-5-4-8-19(20)21/h1-13,15,24,26H,14H2/t24-/m0/s1. The molecule has 0 bridgehead atoms. The monoisotopic (exact) mass is 403 g/mol. The molecule has 1 aromatic heterocycles. The van der Waals surface area contributed by atoms with E-state index < -0.39 is 12.1 Å². The van der Waals surface area contributed by atoms with Crippen LogP contribution in [0.1, 0.15) is 27.6 Å². The molecule has 0 fully saturated rings. The average molecular weight is 404 g/mol. The van der Waals surface area contributed by atoms with E-state index in [1.807, 2.05) is 42.5 Å². The van der Waals surface area contributed by atoms with Gasteiger partial charge in [-0.2, -0.15) is 0 Å². The van der Waals surface area contributed by atoms with Crippen molar-refractivity contribution in [3.05, 3.63) is 107 Å². The molecule has 0 unspecified atom stereocenters. The minimum absolute atomic E-state index is 0.0572. The molecule has 144 valence electrons. The second-order valence-corrected chi connectivity index (χ2v) is 7.13. The lowest BCUT2D eigenvalue weighted by Crippen LogP contribution is -2.21. The molecule has 3 aromatic carbocycles. The van der Waals surface area contributed by atoms with Gasteiger partial charge in [0.1, 0.15) is 0 Å². The highest BCUT2D eigenvalue weighted by molar-refractivity contribution is 6.30. The van der Waals surface area contributed by atoms with Gasteiger partial charge in [-0.3, -0.25) is 9.59 Å². The summed E-state index contributed by atoms with van der Waals surface area (Å²) < 4.78 is 5.67. The highest BCUT2D eigenvalue weighted by Crippen LogP contribution is 2.27. The summed E-state index contributed by atoms with van der Waals surface area (Å²) in [7, 11) is 0. The molecule has 4 aromatic rings. The number of nitrogens with one attached hydrogen (secondary N) is 1. The van der Waals surface area contributed by atoms with Crippen molar-refractivity contribution in [1.29, 1.82) is 0 Å². The molecule has 0 spiro atoms. The van der Waals surface area contributed by atoms with Gasteiger partial charge in [-0.05, 0) is 23.8 Å². The van der Waals surface area contributed by atoms with E-state index in [2.05, 4.69) is 4.98 Å². The molecule has 5 heteroatoms. The molecule has 29 heavy (non-hydrogen) atoms. The van der Waals surface area contributed by atoms with E-state index in [9.17, 15) is 9.59 Å². The van der Waals surface area contributed by atoms with Crippen LogP contribution in [0.3, 0.4) is 0 Å². The number of hydrogen-bond acceptors (Lipinski definition) is 3. The number of ketones is 1. The zero-order chi connectivity index (χ0) is 20.2. The van der Waals surface area contributed by atoms with Crippen LogP contribution in [0, 0.1) is 0 Å². The Morgan fingerprint density at radius 1 is 0.897 bits per heavy atom. The van der Waals surface area contributed by atoms with E-state index in [1.54, 1.807) is 42.6 Å². The number of rotatable bonds is 6. The van der Waals surface area contributed by atoms with E-state index >= 15 is 0 Å². The normalized spacial score (nSPS) is 11.9. The third kappa shape index (κ3) is 4.23. The van der Waals surface area contributed by atoms with Crippen LogP contribution in [0.15, 0.2) is 85.1 Å². The molecule has 1 heterocycles. The Bertz CT molecular complexity index is 1150. The van der Waals surface area contributed by atoms with Gasteiger partial charge in [-0.25, -0.2) is 0 Å². The van der Waals surface area contributed by atoms with Crippen molar-refractivity contribution in [2.24, 2.45) is 0 Å². The molecule has 0 amide bonds. The van der Waals surface area contributed by atoms with Crippen molar-refractivity contribution >= 4 is 34.3 Å². The Labute approximate surface area is 173 Å². The molecule has 0 aliphatic carbocycles. The van der Waals surface area contributed by atoms with Gasteiger partial charge < -0.3 is 9.72 Å². The number of aromatic nitrogens is 1. The molecule has 4 nitrogen and oxygen atoms in total. The molecule has 0 saturated heterocycles. The number of aromatic amines is 1. The first kappa shape index (κ1) is 19.0. The number of esters is 1. The van der Waals surface area contributed by atoms with Crippen LogP contribution in [-0.4, -0.2) is 16.7 Å². The zero-order valence-electron chi connectivity index (χ0n) is 15.5. The lowest BCUT2D eigenvalue weighted by Gasteiger charge is -2.17. The number of ether oxygens (including phenoxy) is 1. The summed E-state index contributed by atoms with van der Waals surface area (Å²) in [6.45, 7) is 0. The van der Waals surface area contributed by atoms with Crippen molar-refractivity contribution in [2.45, 2.75) is 12.5 Å². The molecule has 0 aliphatic heterocycles. The van der Waals surface area contributed by atoms with Crippen molar-refractivity contribution in [1.82, 2.24) is 4.98 Å². The van der Waals surface area contributed by atoms with Gasteiger partial charge in [0.05, 0.1) is 6.42 Å². The maximum absolute atomic E-state index is 13.3. The quantitative estimate of drug-likeness (QED) is 0.340. The van der Waals surface area contributed by atoms with Gasteiger partial charge in [0, 0.05) is 33.2 Å². The third-order valence-corrected chi connectivity index (χ3v) is 4.96. The summed E-state index contributed by atoms with van der Waals surface area (Å²) in [5, 5.41) is 1.39. The van der Waals surface area contributed by atoms with Gasteiger partial charge in [-0.1, -0.05) is 72.3 Å². The number of benzene rings is 3. The van der Waals surface area contributed by atoms with Gasteiger partial charge in [0.25, 0.3) is 0 Å². The first-order valence-electron chi connectivity index (χ1n) is 9.21. The first-order valence-corrected chi connectivity index (χ1v) is 9.59. The Morgan fingerprint density at radius 3 is 2.34 bits per heavy atom. The summed E-state index contributed by atoms with van der Waals surface area (Å²) in [5.41, 5.74) is 2.75. The summed E-state index contributed by atoms with van der Waals surface area (Å²) in [6, 6.07) is 23.6. The molecule has 0 saturated carbocycles. The van der Waals surface area contributed by atoms with Gasteiger partial charge in [-0.15, -0.1) is 0 Å². The molecule has 1 atom stereocenters. The average Bonchev–Trinajstić information content (AvgIpc) is 3.18. The lowest BCUT2D eigenvalue weighted by atomic mass is 9.99. The summed E-state index contributed by atoms with van der Waals surface area (Å²) in [5.74, 6) is -0.743. The molecule has 0 aliphatic rings. The van der Waals surface area contributed by atoms with E-state index in [4.69, 9.17) is 16.3 Å². The maximum atomic E-state index is 13.3. The Balaban J connectivity index is 1.62. The molecule has 1 N–H and O–H groups in total. The smallest absolute Gasteiger partial charge is 0.311 e. The van der Waals surface area contributed by atoms with E-state index in [-0.39, 0.29) is 12.2 Å². The van der Waals surface area contributed by atoms with Crippen LogP contribution in [0.4, 0.5) is 0 Å². The highest BCUT2D eigenvalue weighted by Gasteiger charge is 2.28. The number of carbonyl (C=O) groups excluding carboxylic acids is 2. The van der Waals surface area contributed by atoms with Crippen molar-refractivity contribution < 1.29 is 14.3 Å². The largest absolute Gasteiger partial charge is 0.449 e. The topological polar surface area (TPSA) is 59.2 Å². The molecule has 0 radical (unpaired) electrons. The fraction of sp³-hybridized carbons (Fsp3) is 0.0833. The Kier molecular flexibility index (Phi) is 5.45. The van der Waals surface area contributed by atoms with E-state index in [0.717, 1.165) is 16.5 Å². The molecular weight excluding hydrogens is 386 g/mol. The van der Waals surface area contributed by atoms with Crippen LogP contribution in [0.2, 0.25) is 5.02 Å². The number of carbonyl (C=O) groups is 2. The van der Waals surface area contributed by atoms with Crippen LogP contribution in [0.25, 0.3) is 10.9 Å². The zero-order valence-corrected chi connectivity index (χ0v) is 16.2. The lowest BCUT2D eigenvalue weighted by molar-refractivity contribution is -0.146. The second kappa shape index (κ2) is 8.33. The summed E-state index contributed by atoms with van der Waals surface area (Å²) >= 11 is 5.90. The van der Waals surface area contributed by atoms with Crippen LogP contribution in [0.5, 0.6) is 0 Å². The van der Waals surface area contributed by atoms with E-state index in [0.29, 0.717) is 16.1 Å². The summed E-state index contributed by atoms with van der Waals surface area (Å²) in [4.78, 5) is 29.0. The van der Waals surface area contributed by atoms with E-state index in [1.165, 1.54) is 0 Å².